The van der Waals surface area contributed by atoms with Gasteiger partial charge in [-0.05, 0) is 56.0 Å². The van der Waals surface area contributed by atoms with E-state index in [1.807, 2.05) is 32.1 Å². The van der Waals surface area contributed by atoms with Gasteiger partial charge in [0.2, 0.25) is 0 Å². The highest BCUT2D eigenvalue weighted by Gasteiger charge is 2.29. The van der Waals surface area contributed by atoms with E-state index in [-0.39, 0.29) is 17.5 Å². The second-order valence-electron chi connectivity index (χ2n) is 7.09. The monoisotopic (exact) mass is 474 g/mol. The van der Waals surface area contributed by atoms with Crippen molar-refractivity contribution in [1.82, 2.24) is 0 Å². The Kier molecular flexibility index (Phi) is 12.1. The summed E-state index contributed by atoms with van der Waals surface area (Å²) in [6.07, 6.45) is 14.0. The highest BCUT2D eigenvalue weighted by atomic mass is 79.9. The Morgan fingerprint density at radius 1 is 1.40 bits per heavy atom. The van der Waals surface area contributed by atoms with Gasteiger partial charge in [-0.15, -0.1) is 12.3 Å². The molecule has 0 saturated heterocycles. The molecule has 0 spiro atoms. The van der Waals surface area contributed by atoms with Crippen molar-refractivity contribution >= 4 is 21.7 Å². The lowest BCUT2D eigenvalue weighted by molar-refractivity contribution is -0.120. The number of alkyl halides is 1. The van der Waals surface area contributed by atoms with Crippen molar-refractivity contribution in [2.75, 3.05) is 11.9 Å². The van der Waals surface area contributed by atoms with E-state index in [1.165, 1.54) is 17.7 Å². The number of carbonyl (C=O) groups excluding carboxylic acids is 1. The first-order chi connectivity index (χ1) is 14.4. The number of allylic oxidation sites excluding steroid dienone is 6. The van der Waals surface area contributed by atoms with Gasteiger partial charge in [-0.3, -0.25) is 4.79 Å². The minimum Gasteiger partial charge on any atom is -0.493 e. The number of carbonyl (C=O) groups is 1. The smallest absolute Gasteiger partial charge is 0.169 e. The molecule has 0 saturated carbocycles. The van der Waals surface area contributed by atoms with E-state index in [0.717, 1.165) is 41.3 Å². The average Bonchev–Trinajstić information content (AvgIpc) is 2.75. The Bertz CT molecular complexity index is 843. The molecule has 0 amide bonds. The summed E-state index contributed by atoms with van der Waals surface area (Å²) in [6.45, 7) is 8.38. The van der Waals surface area contributed by atoms with Crippen LogP contribution < -0.4 is 4.74 Å². The molecule has 4 heteroatoms. The molecule has 0 radical (unpaired) electrons. The lowest BCUT2D eigenvalue weighted by atomic mass is 9.85. The van der Waals surface area contributed by atoms with Crippen LogP contribution in [0.5, 0.6) is 5.75 Å². The number of ether oxygens (including phenoxy) is 1. The third-order valence-corrected chi connectivity index (χ3v) is 5.18. The van der Waals surface area contributed by atoms with Crippen molar-refractivity contribution in [2.24, 2.45) is 5.92 Å². The van der Waals surface area contributed by atoms with E-state index in [4.69, 9.17) is 11.2 Å². The van der Waals surface area contributed by atoms with E-state index < -0.39 is 0 Å². The van der Waals surface area contributed by atoms with Crippen molar-refractivity contribution in [2.45, 2.75) is 53.4 Å². The molecular formula is C26H32BrFO2. The highest BCUT2D eigenvalue weighted by Crippen LogP contribution is 2.31. The zero-order chi connectivity index (χ0) is 22.5. The Morgan fingerprint density at radius 2 is 2.10 bits per heavy atom. The molecule has 30 heavy (non-hydrogen) atoms. The van der Waals surface area contributed by atoms with Gasteiger partial charge in [-0.25, -0.2) is 4.39 Å². The molecule has 0 aromatic heterocycles. The van der Waals surface area contributed by atoms with E-state index in [9.17, 15) is 9.18 Å². The van der Waals surface area contributed by atoms with Gasteiger partial charge in [-0.1, -0.05) is 60.0 Å². The third-order valence-electron chi connectivity index (χ3n) is 4.81. The van der Waals surface area contributed by atoms with Crippen molar-refractivity contribution in [1.29, 1.82) is 0 Å². The first-order valence-electron chi connectivity index (χ1n) is 10.4. The van der Waals surface area contributed by atoms with Gasteiger partial charge in [0.05, 0.1) is 12.5 Å². The van der Waals surface area contributed by atoms with Gasteiger partial charge in [0.25, 0.3) is 0 Å². The number of Topliss-reactive ketones (excluding diaryl/α,β-unsaturated/α-hetero) is 1. The molecule has 2 nitrogen and oxygen atoms in total. The maximum Gasteiger partial charge on any atom is 0.169 e. The Balaban J connectivity index is 0.00000103. The van der Waals surface area contributed by atoms with Crippen LogP contribution in [0, 0.1) is 24.1 Å². The van der Waals surface area contributed by atoms with E-state index >= 15 is 0 Å². The molecular weight excluding hydrogens is 443 g/mol. The van der Waals surface area contributed by atoms with Crippen molar-refractivity contribution in [3.63, 3.8) is 0 Å². The van der Waals surface area contributed by atoms with E-state index in [1.54, 1.807) is 6.07 Å². The molecule has 0 fully saturated rings. The van der Waals surface area contributed by atoms with Crippen LogP contribution >= 0.6 is 15.9 Å². The summed E-state index contributed by atoms with van der Waals surface area (Å²) < 4.78 is 19.3. The SMILES string of the molecule is C#CCC.C\C=C(C(=O)C1COc2ccc(F)cc2C1)/C(/C=C\CBr)=C(/C)CCC. The minimum absolute atomic E-state index is 0.0621. The maximum atomic E-state index is 13.5. The molecule has 1 aliphatic heterocycles. The predicted molar refractivity (Wildman–Crippen MR) is 128 cm³/mol. The van der Waals surface area contributed by atoms with Gasteiger partial charge in [0.15, 0.2) is 5.78 Å². The Hall–Kier alpha value is -2.12. The van der Waals surface area contributed by atoms with Crippen LogP contribution in [0.25, 0.3) is 0 Å². The number of rotatable bonds is 7. The summed E-state index contributed by atoms with van der Waals surface area (Å²) >= 11 is 3.41. The zero-order valence-corrected chi connectivity index (χ0v) is 20.0. The second-order valence-corrected chi connectivity index (χ2v) is 7.74. The molecule has 1 aromatic carbocycles. The molecule has 0 aliphatic carbocycles. The molecule has 1 aromatic rings. The number of hydrogen-bond donors (Lipinski definition) is 0. The average molecular weight is 475 g/mol. The summed E-state index contributed by atoms with van der Waals surface area (Å²) in [5.41, 5.74) is 3.68. The molecule has 0 N–H and O–H groups in total. The van der Waals surface area contributed by atoms with Crippen LogP contribution in [-0.2, 0) is 11.2 Å². The molecule has 0 bridgehead atoms. The first-order valence-corrected chi connectivity index (χ1v) is 11.5. The number of hydrogen-bond acceptors (Lipinski definition) is 2. The van der Waals surface area contributed by atoms with Gasteiger partial charge in [-0.2, -0.15) is 0 Å². The van der Waals surface area contributed by atoms with Crippen molar-refractivity contribution in [3.8, 4) is 18.1 Å². The van der Waals surface area contributed by atoms with Crippen LogP contribution in [0.15, 0.2) is 53.1 Å². The normalized spacial score (nSPS) is 16.6. The summed E-state index contributed by atoms with van der Waals surface area (Å²) in [6, 6.07) is 4.49. The molecule has 1 aliphatic rings. The van der Waals surface area contributed by atoms with Gasteiger partial charge < -0.3 is 4.74 Å². The standard InChI is InChI=1S/C22H26BrFO2.C4H6/c1-4-7-15(3)20(8-6-11-23)19(5-2)22(25)17-12-16-13-18(24)9-10-21(16)26-14-17;1-3-4-2/h5-6,8-10,13,17H,4,7,11-12,14H2,1-3H3;1H,4H2,2H3/b8-6-,19-5+,20-15-;. The molecule has 2 rings (SSSR count). The number of ketones is 1. The second kappa shape index (κ2) is 14.0. The fraction of sp³-hybridized carbons (Fsp3) is 0.423. The van der Waals surface area contributed by atoms with Gasteiger partial charge >= 0.3 is 0 Å². The lowest BCUT2D eigenvalue weighted by Gasteiger charge is -2.26. The van der Waals surface area contributed by atoms with Gasteiger partial charge in [0, 0.05) is 17.3 Å². The summed E-state index contributed by atoms with van der Waals surface area (Å²) in [4.78, 5) is 13.2. The van der Waals surface area contributed by atoms with E-state index in [0.29, 0.717) is 18.8 Å². The summed E-state index contributed by atoms with van der Waals surface area (Å²) in [5.74, 6) is 2.57. The minimum atomic E-state index is -0.300. The highest BCUT2D eigenvalue weighted by molar-refractivity contribution is 9.09. The molecule has 162 valence electrons. The van der Waals surface area contributed by atoms with Gasteiger partial charge in [0.1, 0.15) is 11.6 Å². The third kappa shape index (κ3) is 7.61. The number of fused-ring (bicyclic) bond motifs is 1. The van der Waals surface area contributed by atoms with Crippen molar-refractivity contribution in [3.05, 3.63) is 64.5 Å². The number of halogens is 2. The largest absolute Gasteiger partial charge is 0.493 e. The number of benzene rings is 1. The maximum absolute atomic E-state index is 13.5. The topological polar surface area (TPSA) is 26.3 Å². The zero-order valence-electron chi connectivity index (χ0n) is 18.4. The fourth-order valence-electron chi connectivity index (χ4n) is 3.32. The predicted octanol–water partition coefficient (Wildman–Crippen LogP) is 6.99. The number of terminal acetylenes is 1. The quantitative estimate of drug-likeness (QED) is 0.184. The molecule has 1 unspecified atom stereocenters. The van der Waals surface area contributed by atoms with E-state index in [2.05, 4.69) is 35.7 Å². The lowest BCUT2D eigenvalue weighted by Crippen LogP contribution is -2.30. The summed E-state index contributed by atoms with van der Waals surface area (Å²) in [7, 11) is 0. The van der Waals surface area contributed by atoms with Crippen LogP contribution in [-0.4, -0.2) is 17.7 Å². The van der Waals surface area contributed by atoms with Crippen LogP contribution in [0.2, 0.25) is 0 Å². The Morgan fingerprint density at radius 3 is 2.67 bits per heavy atom. The molecule has 1 atom stereocenters. The Labute approximate surface area is 189 Å². The molecule has 1 heterocycles. The van der Waals surface area contributed by atoms with Crippen LogP contribution in [0.4, 0.5) is 4.39 Å². The fourth-order valence-corrected chi connectivity index (χ4v) is 3.50. The first kappa shape index (κ1) is 25.9. The van der Waals surface area contributed by atoms with Crippen LogP contribution in [0.1, 0.15) is 52.5 Å². The van der Waals surface area contributed by atoms with Crippen LogP contribution in [0.3, 0.4) is 0 Å². The van der Waals surface area contributed by atoms with Crippen molar-refractivity contribution < 1.29 is 13.9 Å². The summed E-state index contributed by atoms with van der Waals surface area (Å²) in [5, 5.41) is 0.736.